The molecule has 0 bridgehead atoms. The second-order valence-corrected chi connectivity index (χ2v) is 6.29. The Kier molecular flexibility index (Phi) is 4.74. The average molecular weight is 344 g/mol. The van der Waals surface area contributed by atoms with Crippen molar-refractivity contribution >= 4 is 28.7 Å². The molecule has 0 fully saturated rings. The number of hydrogen-bond acceptors (Lipinski definition) is 4. The third-order valence-electron chi connectivity index (χ3n) is 3.27. The van der Waals surface area contributed by atoms with Crippen molar-refractivity contribution in [3.63, 3.8) is 0 Å². The van der Waals surface area contributed by atoms with Gasteiger partial charge in [0.1, 0.15) is 17.4 Å². The maximum Gasteiger partial charge on any atom is 0.163 e. The zero-order valence-electron chi connectivity index (χ0n) is 12.5. The molecule has 23 heavy (non-hydrogen) atoms. The summed E-state index contributed by atoms with van der Waals surface area (Å²) in [6.07, 6.45) is 0. The summed E-state index contributed by atoms with van der Waals surface area (Å²) in [5.74, 6) is 0.446. The standard InChI is InChI=1S/C18H14ClNO2S/c1-12(21)16-9-14(19)7-8-17(16)22-10-15-11-23-18(20-15)13-5-3-2-4-6-13/h2-9,11H,10H2,1H3. The quantitative estimate of drug-likeness (QED) is 0.594. The van der Waals surface area contributed by atoms with Crippen LogP contribution in [0.5, 0.6) is 5.75 Å². The number of aromatic nitrogens is 1. The molecule has 5 heteroatoms. The van der Waals surface area contributed by atoms with Gasteiger partial charge >= 0.3 is 0 Å². The molecule has 1 aromatic heterocycles. The van der Waals surface area contributed by atoms with Crippen LogP contribution in [-0.2, 0) is 6.61 Å². The number of benzene rings is 2. The fourth-order valence-electron chi connectivity index (χ4n) is 2.14. The molecule has 116 valence electrons. The van der Waals surface area contributed by atoms with Gasteiger partial charge in [-0.15, -0.1) is 11.3 Å². The number of nitrogens with zero attached hydrogens (tertiary/aromatic N) is 1. The van der Waals surface area contributed by atoms with Gasteiger partial charge < -0.3 is 4.74 Å². The second kappa shape index (κ2) is 6.94. The van der Waals surface area contributed by atoms with Crippen molar-refractivity contribution in [2.24, 2.45) is 0 Å². The Hall–Kier alpha value is -2.17. The first kappa shape index (κ1) is 15.7. The lowest BCUT2D eigenvalue weighted by atomic mass is 10.1. The number of halogens is 1. The van der Waals surface area contributed by atoms with Gasteiger partial charge in [0.15, 0.2) is 5.78 Å². The van der Waals surface area contributed by atoms with E-state index in [1.165, 1.54) is 6.92 Å². The highest BCUT2D eigenvalue weighted by Crippen LogP contribution is 2.26. The number of hydrogen-bond donors (Lipinski definition) is 0. The molecule has 1 heterocycles. The Bertz CT molecular complexity index is 830. The molecule has 3 rings (SSSR count). The summed E-state index contributed by atoms with van der Waals surface area (Å²) in [6.45, 7) is 1.81. The summed E-state index contributed by atoms with van der Waals surface area (Å²) in [6, 6.07) is 15.0. The van der Waals surface area contributed by atoms with Crippen LogP contribution in [0.2, 0.25) is 5.02 Å². The Morgan fingerprint density at radius 3 is 2.74 bits per heavy atom. The lowest BCUT2D eigenvalue weighted by molar-refractivity contribution is 0.101. The van der Waals surface area contributed by atoms with Crippen molar-refractivity contribution in [2.75, 3.05) is 0 Å². The van der Waals surface area contributed by atoms with Crippen LogP contribution in [0.3, 0.4) is 0 Å². The van der Waals surface area contributed by atoms with Crippen LogP contribution in [0.25, 0.3) is 10.6 Å². The molecule has 0 aliphatic heterocycles. The fourth-order valence-corrected chi connectivity index (χ4v) is 3.12. The molecule has 0 aliphatic rings. The number of ether oxygens (including phenoxy) is 1. The van der Waals surface area contributed by atoms with E-state index in [2.05, 4.69) is 4.98 Å². The van der Waals surface area contributed by atoms with Crippen LogP contribution in [0.4, 0.5) is 0 Å². The minimum Gasteiger partial charge on any atom is -0.487 e. The average Bonchev–Trinajstić information content (AvgIpc) is 3.03. The normalized spacial score (nSPS) is 10.5. The molecule has 0 saturated heterocycles. The Morgan fingerprint density at radius 2 is 2.00 bits per heavy atom. The van der Waals surface area contributed by atoms with Gasteiger partial charge in [0.2, 0.25) is 0 Å². The number of carbonyl (C=O) groups is 1. The SMILES string of the molecule is CC(=O)c1cc(Cl)ccc1OCc1csc(-c2ccccc2)n1. The van der Waals surface area contributed by atoms with E-state index in [0.29, 0.717) is 22.9 Å². The van der Waals surface area contributed by atoms with Crippen molar-refractivity contribution in [1.29, 1.82) is 0 Å². The molecule has 0 unspecified atom stereocenters. The first-order valence-corrected chi connectivity index (χ1v) is 8.32. The van der Waals surface area contributed by atoms with Crippen molar-refractivity contribution in [3.8, 4) is 16.3 Å². The van der Waals surface area contributed by atoms with Gasteiger partial charge in [-0.25, -0.2) is 4.98 Å². The van der Waals surface area contributed by atoms with E-state index < -0.39 is 0 Å². The minimum absolute atomic E-state index is 0.0780. The molecular formula is C18H14ClNO2S. The maximum atomic E-state index is 11.7. The van der Waals surface area contributed by atoms with Gasteiger partial charge in [-0.3, -0.25) is 4.79 Å². The zero-order chi connectivity index (χ0) is 16.2. The Labute approximate surface area is 143 Å². The second-order valence-electron chi connectivity index (χ2n) is 5.00. The molecule has 0 saturated carbocycles. The van der Waals surface area contributed by atoms with Gasteiger partial charge in [-0.2, -0.15) is 0 Å². The lowest BCUT2D eigenvalue weighted by Crippen LogP contribution is -2.02. The maximum absolute atomic E-state index is 11.7. The Morgan fingerprint density at radius 1 is 1.22 bits per heavy atom. The van der Waals surface area contributed by atoms with E-state index in [1.54, 1.807) is 29.5 Å². The van der Waals surface area contributed by atoms with Crippen LogP contribution in [0.1, 0.15) is 23.0 Å². The van der Waals surface area contributed by atoms with Gasteiger partial charge in [-0.05, 0) is 25.1 Å². The highest BCUT2D eigenvalue weighted by Gasteiger charge is 2.11. The molecule has 3 nitrogen and oxygen atoms in total. The highest BCUT2D eigenvalue weighted by molar-refractivity contribution is 7.13. The summed E-state index contributed by atoms with van der Waals surface area (Å²) >= 11 is 7.50. The highest BCUT2D eigenvalue weighted by atomic mass is 35.5. The van der Waals surface area contributed by atoms with E-state index in [4.69, 9.17) is 16.3 Å². The van der Waals surface area contributed by atoms with E-state index in [1.807, 2.05) is 35.7 Å². The third-order valence-corrected chi connectivity index (χ3v) is 4.44. The molecule has 0 radical (unpaired) electrons. The monoisotopic (exact) mass is 343 g/mol. The number of carbonyl (C=O) groups excluding carboxylic acids is 1. The zero-order valence-corrected chi connectivity index (χ0v) is 14.0. The van der Waals surface area contributed by atoms with Crippen LogP contribution in [0, 0.1) is 0 Å². The van der Waals surface area contributed by atoms with Crippen molar-refractivity contribution < 1.29 is 9.53 Å². The van der Waals surface area contributed by atoms with Gasteiger partial charge in [0.05, 0.1) is 11.3 Å². The minimum atomic E-state index is -0.0780. The number of ketones is 1. The Balaban J connectivity index is 1.75. The van der Waals surface area contributed by atoms with E-state index in [-0.39, 0.29) is 5.78 Å². The number of Topliss-reactive ketones (excluding diaryl/α,β-unsaturated/α-hetero) is 1. The molecule has 3 aromatic rings. The first-order chi connectivity index (χ1) is 11.1. The van der Waals surface area contributed by atoms with Crippen molar-refractivity contribution in [1.82, 2.24) is 4.98 Å². The molecule has 0 amide bonds. The fraction of sp³-hybridized carbons (Fsp3) is 0.111. The van der Waals surface area contributed by atoms with E-state index in [0.717, 1.165) is 16.3 Å². The molecular weight excluding hydrogens is 330 g/mol. The van der Waals surface area contributed by atoms with Crippen LogP contribution in [0.15, 0.2) is 53.9 Å². The largest absolute Gasteiger partial charge is 0.487 e. The molecule has 2 aromatic carbocycles. The predicted molar refractivity (Wildman–Crippen MR) is 93.3 cm³/mol. The van der Waals surface area contributed by atoms with E-state index in [9.17, 15) is 4.79 Å². The van der Waals surface area contributed by atoms with Gasteiger partial charge in [0.25, 0.3) is 0 Å². The third kappa shape index (κ3) is 3.78. The predicted octanol–water partition coefficient (Wildman–Crippen LogP) is 5.25. The summed E-state index contributed by atoms with van der Waals surface area (Å²) in [7, 11) is 0. The van der Waals surface area contributed by atoms with Crippen LogP contribution in [-0.4, -0.2) is 10.8 Å². The van der Waals surface area contributed by atoms with Gasteiger partial charge in [-0.1, -0.05) is 41.9 Å². The van der Waals surface area contributed by atoms with Gasteiger partial charge in [0, 0.05) is 16.0 Å². The van der Waals surface area contributed by atoms with Crippen molar-refractivity contribution in [3.05, 3.63) is 70.2 Å². The number of thiazole rings is 1. The van der Waals surface area contributed by atoms with Crippen LogP contribution >= 0.6 is 22.9 Å². The molecule has 0 spiro atoms. The van der Waals surface area contributed by atoms with E-state index >= 15 is 0 Å². The smallest absolute Gasteiger partial charge is 0.163 e. The summed E-state index contributed by atoms with van der Waals surface area (Å²) < 4.78 is 5.75. The summed E-state index contributed by atoms with van der Waals surface area (Å²) in [5, 5.41) is 3.43. The lowest BCUT2D eigenvalue weighted by Gasteiger charge is -2.08. The summed E-state index contributed by atoms with van der Waals surface area (Å²) in [5.41, 5.74) is 2.40. The molecule has 0 atom stereocenters. The summed E-state index contributed by atoms with van der Waals surface area (Å²) in [4.78, 5) is 16.2. The van der Waals surface area contributed by atoms with Crippen molar-refractivity contribution in [2.45, 2.75) is 13.5 Å². The molecule has 0 aliphatic carbocycles. The topological polar surface area (TPSA) is 39.2 Å². The molecule has 0 N–H and O–H groups in total. The van der Waals surface area contributed by atoms with Crippen LogP contribution < -0.4 is 4.74 Å². The number of rotatable bonds is 5. The first-order valence-electron chi connectivity index (χ1n) is 7.06.